The predicted molar refractivity (Wildman–Crippen MR) is 69.1 cm³/mol. The molecule has 5 nitrogen and oxygen atoms in total. The molecule has 1 heterocycles. The molecule has 0 aliphatic rings. The Bertz CT molecular complexity index is 448. The maximum Gasteiger partial charge on any atom is 0.267 e. The third-order valence-electron chi connectivity index (χ3n) is 1.69. The number of amides is 1. The van der Waals surface area contributed by atoms with Gasteiger partial charge in [-0.3, -0.25) is 14.2 Å². The molecule has 1 rings (SSSR count). The van der Waals surface area contributed by atoms with Gasteiger partial charge in [0.05, 0.1) is 9.90 Å². The highest BCUT2D eigenvalue weighted by Crippen LogP contribution is 1.98. The molecule has 0 fully saturated rings. The van der Waals surface area contributed by atoms with Crippen molar-refractivity contribution in [1.82, 2.24) is 14.9 Å². The highest BCUT2D eigenvalue weighted by Gasteiger charge is 2.14. The maximum absolute atomic E-state index is 11.6. The van der Waals surface area contributed by atoms with E-state index < -0.39 is 0 Å². The summed E-state index contributed by atoms with van der Waals surface area (Å²) in [6.45, 7) is 5.67. The number of halogens is 1. The number of carbonyl (C=O) groups excluding carboxylic acids is 1. The number of rotatable bonds is 2. The van der Waals surface area contributed by atoms with E-state index in [1.807, 2.05) is 43.4 Å². The normalized spacial score (nSPS) is 11.2. The first-order valence-corrected chi connectivity index (χ1v) is 5.88. The molecule has 0 spiro atoms. The number of hydrogen-bond donors (Lipinski definition) is 1. The molecule has 6 heteroatoms. The Morgan fingerprint density at radius 1 is 1.56 bits per heavy atom. The monoisotopic (exact) mass is 335 g/mol. The van der Waals surface area contributed by atoms with E-state index in [-0.39, 0.29) is 23.6 Å². The van der Waals surface area contributed by atoms with Crippen LogP contribution in [-0.4, -0.2) is 21.0 Å². The van der Waals surface area contributed by atoms with Crippen LogP contribution in [0.3, 0.4) is 0 Å². The molecule has 0 aliphatic heterocycles. The summed E-state index contributed by atoms with van der Waals surface area (Å²) in [6.07, 6.45) is 2.84. The van der Waals surface area contributed by atoms with E-state index in [1.165, 1.54) is 17.1 Å². The fourth-order valence-electron chi connectivity index (χ4n) is 1.15. The van der Waals surface area contributed by atoms with Gasteiger partial charge in [0.2, 0.25) is 5.91 Å². The number of nitrogens with zero attached hydrogens (tertiary/aromatic N) is 2. The second-order valence-electron chi connectivity index (χ2n) is 4.47. The van der Waals surface area contributed by atoms with Gasteiger partial charge in [-0.1, -0.05) is 0 Å². The van der Waals surface area contributed by atoms with Gasteiger partial charge in [0.1, 0.15) is 6.54 Å². The van der Waals surface area contributed by atoms with Gasteiger partial charge in [0.15, 0.2) is 0 Å². The minimum Gasteiger partial charge on any atom is -0.350 e. The van der Waals surface area contributed by atoms with Crippen LogP contribution in [0.25, 0.3) is 0 Å². The highest BCUT2D eigenvalue weighted by molar-refractivity contribution is 14.1. The summed E-state index contributed by atoms with van der Waals surface area (Å²) < 4.78 is 1.80. The van der Waals surface area contributed by atoms with Crippen molar-refractivity contribution in [3.8, 4) is 0 Å². The van der Waals surface area contributed by atoms with Crippen LogP contribution in [0.1, 0.15) is 20.8 Å². The molecule has 1 N–H and O–H groups in total. The molecular formula is C10H14IN3O2. The van der Waals surface area contributed by atoms with Crippen LogP contribution in [0.2, 0.25) is 0 Å². The van der Waals surface area contributed by atoms with Crippen molar-refractivity contribution >= 4 is 28.5 Å². The smallest absolute Gasteiger partial charge is 0.267 e. The Labute approximate surface area is 107 Å². The summed E-state index contributed by atoms with van der Waals surface area (Å²) in [4.78, 5) is 27.1. The largest absolute Gasteiger partial charge is 0.350 e. The van der Waals surface area contributed by atoms with Crippen LogP contribution in [0.15, 0.2) is 17.3 Å². The zero-order chi connectivity index (χ0) is 12.3. The van der Waals surface area contributed by atoms with Crippen molar-refractivity contribution in [3.05, 3.63) is 26.4 Å². The molecule has 1 aromatic heterocycles. The first kappa shape index (κ1) is 13.1. The van der Waals surface area contributed by atoms with Gasteiger partial charge in [-0.05, 0) is 43.4 Å². The summed E-state index contributed by atoms with van der Waals surface area (Å²) in [5.41, 5.74) is -0.490. The zero-order valence-corrected chi connectivity index (χ0v) is 11.6. The van der Waals surface area contributed by atoms with Gasteiger partial charge in [0.25, 0.3) is 5.56 Å². The van der Waals surface area contributed by atoms with Crippen molar-refractivity contribution in [2.45, 2.75) is 32.9 Å². The topological polar surface area (TPSA) is 64.0 Å². The quantitative estimate of drug-likeness (QED) is 0.812. The van der Waals surface area contributed by atoms with E-state index in [9.17, 15) is 9.59 Å². The lowest BCUT2D eigenvalue weighted by Crippen LogP contribution is -2.43. The van der Waals surface area contributed by atoms with Crippen molar-refractivity contribution in [1.29, 1.82) is 0 Å². The molecule has 0 aliphatic carbocycles. The molecule has 0 radical (unpaired) electrons. The number of hydrogen-bond acceptors (Lipinski definition) is 3. The molecule has 88 valence electrons. The predicted octanol–water partition coefficient (Wildman–Crippen LogP) is 0.763. The maximum atomic E-state index is 11.6. The van der Waals surface area contributed by atoms with Crippen LogP contribution < -0.4 is 10.9 Å². The first-order valence-electron chi connectivity index (χ1n) is 4.80. The third-order valence-corrected chi connectivity index (χ3v) is 2.43. The molecule has 0 unspecified atom stereocenters. The van der Waals surface area contributed by atoms with E-state index in [0.717, 1.165) is 0 Å². The Morgan fingerprint density at radius 2 is 2.19 bits per heavy atom. The molecule has 0 bridgehead atoms. The van der Waals surface area contributed by atoms with E-state index in [2.05, 4.69) is 10.3 Å². The van der Waals surface area contributed by atoms with Gasteiger partial charge in [-0.15, -0.1) is 0 Å². The molecule has 0 aromatic carbocycles. The van der Waals surface area contributed by atoms with Crippen LogP contribution >= 0.6 is 22.6 Å². The van der Waals surface area contributed by atoms with Crippen molar-refractivity contribution in [3.63, 3.8) is 0 Å². The Kier molecular flexibility index (Phi) is 4.06. The summed E-state index contributed by atoms with van der Waals surface area (Å²) in [5, 5.41) is 2.79. The second-order valence-corrected chi connectivity index (χ2v) is 5.63. The molecule has 0 saturated heterocycles. The van der Waals surface area contributed by atoms with Crippen molar-refractivity contribution in [2.75, 3.05) is 0 Å². The second kappa shape index (κ2) is 4.94. The number of carbonyl (C=O) groups is 1. The van der Waals surface area contributed by atoms with Gasteiger partial charge in [-0.2, -0.15) is 0 Å². The Balaban J connectivity index is 2.78. The van der Waals surface area contributed by atoms with Gasteiger partial charge in [-0.25, -0.2) is 4.98 Å². The van der Waals surface area contributed by atoms with E-state index in [4.69, 9.17) is 0 Å². The molecule has 16 heavy (non-hydrogen) atoms. The highest BCUT2D eigenvalue weighted by atomic mass is 127. The average Bonchev–Trinajstić information content (AvgIpc) is 2.09. The van der Waals surface area contributed by atoms with Crippen LogP contribution in [0.4, 0.5) is 0 Å². The molecule has 0 saturated carbocycles. The summed E-state index contributed by atoms with van der Waals surface area (Å²) in [6, 6.07) is 0. The lowest BCUT2D eigenvalue weighted by molar-refractivity contribution is -0.123. The molecule has 1 aromatic rings. The summed E-state index contributed by atoms with van der Waals surface area (Å²) >= 11 is 1.90. The van der Waals surface area contributed by atoms with Gasteiger partial charge in [0, 0.05) is 11.7 Å². The van der Waals surface area contributed by atoms with Crippen LogP contribution in [0, 0.1) is 3.57 Å². The number of nitrogens with one attached hydrogen (secondary N) is 1. The third kappa shape index (κ3) is 3.92. The molecule has 0 atom stereocenters. The lowest BCUT2D eigenvalue weighted by atomic mass is 10.1. The van der Waals surface area contributed by atoms with E-state index in [1.54, 1.807) is 0 Å². The Morgan fingerprint density at radius 3 is 2.75 bits per heavy atom. The van der Waals surface area contributed by atoms with E-state index >= 15 is 0 Å². The zero-order valence-electron chi connectivity index (χ0n) is 9.45. The van der Waals surface area contributed by atoms with Crippen LogP contribution in [0.5, 0.6) is 0 Å². The summed E-state index contributed by atoms with van der Waals surface area (Å²) in [7, 11) is 0. The van der Waals surface area contributed by atoms with Gasteiger partial charge >= 0.3 is 0 Å². The standard InChI is InChI=1S/C10H14IN3O2/c1-10(2,3)13-8(15)5-14-6-12-4-7(11)9(14)16/h4,6H,5H2,1-3H3,(H,13,15). The first-order chi connectivity index (χ1) is 7.29. The van der Waals surface area contributed by atoms with Crippen LogP contribution in [-0.2, 0) is 11.3 Å². The van der Waals surface area contributed by atoms with E-state index in [0.29, 0.717) is 3.57 Å². The fraction of sp³-hybridized carbons (Fsp3) is 0.500. The SMILES string of the molecule is CC(C)(C)NC(=O)Cn1cncc(I)c1=O. The van der Waals surface area contributed by atoms with Crippen molar-refractivity contribution < 1.29 is 4.79 Å². The summed E-state index contributed by atoms with van der Waals surface area (Å²) in [5.74, 6) is -0.196. The lowest BCUT2D eigenvalue weighted by Gasteiger charge is -2.20. The Hall–Kier alpha value is -0.920. The van der Waals surface area contributed by atoms with Crippen molar-refractivity contribution in [2.24, 2.45) is 0 Å². The average molecular weight is 335 g/mol. The fourth-order valence-corrected chi connectivity index (χ4v) is 1.62. The van der Waals surface area contributed by atoms with Gasteiger partial charge < -0.3 is 5.32 Å². The number of aromatic nitrogens is 2. The minimum atomic E-state index is -0.296. The minimum absolute atomic E-state index is 0.0000546. The molecular weight excluding hydrogens is 321 g/mol. The molecule has 1 amide bonds.